The van der Waals surface area contributed by atoms with Crippen LogP contribution in [0.15, 0.2) is 47.1 Å². The molecule has 0 saturated carbocycles. The zero-order valence-corrected chi connectivity index (χ0v) is 16.4. The topological polar surface area (TPSA) is 115 Å². The molecule has 1 aromatic carbocycles. The van der Waals surface area contributed by atoms with Gasteiger partial charge in [-0.25, -0.2) is 0 Å². The van der Waals surface area contributed by atoms with Crippen LogP contribution in [0.25, 0.3) is 0 Å². The highest BCUT2D eigenvalue weighted by Crippen LogP contribution is 2.23. The maximum absolute atomic E-state index is 12.6. The summed E-state index contributed by atoms with van der Waals surface area (Å²) in [4.78, 5) is 38.5. The van der Waals surface area contributed by atoms with Gasteiger partial charge in [0.1, 0.15) is 6.04 Å². The van der Waals surface area contributed by atoms with E-state index in [-0.39, 0.29) is 29.9 Å². The highest BCUT2D eigenvalue weighted by molar-refractivity contribution is 7.99. The lowest BCUT2D eigenvalue weighted by Gasteiger charge is -2.23. The van der Waals surface area contributed by atoms with Crippen LogP contribution in [0.4, 0.5) is 5.69 Å². The van der Waals surface area contributed by atoms with E-state index in [1.807, 2.05) is 6.07 Å². The summed E-state index contributed by atoms with van der Waals surface area (Å²) in [6, 6.07) is 11.2. The fourth-order valence-electron chi connectivity index (χ4n) is 2.84. The molecule has 150 valence electrons. The number of rotatable bonds is 7. The largest absolute Gasteiger partial charge is 0.459 e. The van der Waals surface area contributed by atoms with E-state index in [9.17, 15) is 14.4 Å². The van der Waals surface area contributed by atoms with Crippen LogP contribution in [0.1, 0.15) is 29.0 Å². The molecular formula is C20H20N4O4S. The van der Waals surface area contributed by atoms with Crippen molar-refractivity contribution in [1.29, 1.82) is 5.26 Å². The Morgan fingerprint density at radius 1 is 1.24 bits per heavy atom. The minimum absolute atomic E-state index is 0.123. The van der Waals surface area contributed by atoms with Crippen molar-refractivity contribution < 1.29 is 18.8 Å². The number of thioether (sulfide) groups is 1. The van der Waals surface area contributed by atoms with Crippen LogP contribution in [-0.4, -0.2) is 46.8 Å². The third kappa shape index (κ3) is 5.39. The second-order valence-corrected chi connectivity index (χ2v) is 7.39. The minimum atomic E-state index is -0.541. The van der Waals surface area contributed by atoms with E-state index in [1.54, 1.807) is 41.3 Å². The molecule has 1 saturated heterocycles. The van der Waals surface area contributed by atoms with E-state index in [1.165, 1.54) is 18.0 Å². The van der Waals surface area contributed by atoms with Gasteiger partial charge in [-0.1, -0.05) is 0 Å². The summed E-state index contributed by atoms with van der Waals surface area (Å²) in [5.74, 6) is 0.527. The highest BCUT2D eigenvalue weighted by atomic mass is 32.2. The molecule has 2 aromatic rings. The lowest BCUT2D eigenvalue weighted by Crippen LogP contribution is -2.44. The Morgan fingerprint density at radius 2 is 2.03 bits per heavy atom. The maximum atomic E-state index is 12.6. The Bertz CT molecular complexity index is 906. The van der Waals surface area contributed by atoms with Crippen LogP contribution in [0.3, 0.4) is 0 Å². The van der Waals surface area contributed by atoms with Gasteiger partial charge in [0.15, 0.2) is 5.76 Å². The van der Waals surface area contributed by atoms with Gasteiger partial charge in [-0.05, 0) is 42.8 Å². The van der Waals surface area contributed by atoms with Crippen molar-refractivity contribution in [3.05, 3.63) is 54.0 Å². The second kappa shape index (κ2) is 9.80. The summed E-state index contributed by atoms with van der Waals surface area (Å²) in [5.41, 5.74) is 1.09. The molecule has 29 heavy (non-hydrogen) atoms. The molecule has 1 unspecified atom stereocenters. The number of carbonyl (C=O) groups excluding carboxylic acids is 3. The van der Waals surface area contributed by atoms with E-state index >= 15 is 0 Å². The summed E-state index contributed by atoms with van der Waals surface area (Å²) in [7, 11) is 0. The third-order valence-electron chi connectivity index (χ3n) is 4.38. The molecule has 3 amide bonds. The number of amides is 3. The number of hydrogen-bond acceptors (Lipinski definition) is 6. The monoisotopic (exact) mass is 412 g/mol. The Morgan fingerprint density at radius 3 is 2.72 bits per heavy atom. The molecule has 0 bridgehead atoms. The van der Waals surface area contributed by atoms with Gasteiger partial charge in [0.2, 0.25) is 11.8 Å². The lowest BCUT2D eigenvalue weighted by atomic mass is 10.2. The van der Waals surface area contributed by atoms with Gasteiger partial charge in [-0.15, -0.1) is 11.8 Å². The molecule has 0 radical (unpaired) electrons. The maximum Gasteiger partial charge on any atom is 0.286 e. The van der Waals surface area contributed by atoms with Crippen LogP contribution < -0.4 is 10.6 Å². The zero-order chi connectivity index (χ0) is 20.6. The first-order valence-electron chi connectivity index (χ1n) is 9.08. The molecule has 1 aliphatic heterocycles. The summed E-state index contributed by atoms with van der Waals surface area (Å²) in [6.07, 6.45) is 2.13. The predicted molar refractivity (Wildman–Crippen MR) is 108 cm³/mol. The van der Waals surface area contributed by atoms with Crippen molar-refractivity contribution in [3.63, 3.8) is 0 Å². The lowest BCUT2D eigenvalue weighted by molar-refractivity contribution is -0.136. The zero-order valence-electron chi connectivity index (χ0n) is 15.6. The molecule has 1 atom stereocenters. The molecular weight excluding hydrogens is 392 g/mol. The average molecular weight is 412 g/mol. The standard InChI is InChI=1S/C20H20N4O4S/c21-11-14-5-7-15(8-6-14)23-19(26)16-12-29-13-24(16)18(25)4-1-9-22-20(27)17-3-2-10-28-17/h2-3,5-8,10,16H,1,4,9,12-13H2,(H,22,27)(H,23,26). The minimum Gasteiger partial charge on any atom is -0.459 e. The fourth-order valence-corrected chi connectivity index (χ4v) is 4.02. The van der Waals surface area contributed by atoms with Gasteiger partial charge < -0.3 is 20.0 Å². The number of carbonyl (C=O) groups is 3. The van der Waals surface area contributed by atoms with E-state index < -0.39 is 6.04 Å². The van der Waals surface area contributed by atoms with Crippen molar-refractivity contribution in [2.45, 2.75) is 18.9 Å². The van der Waals surface area contributed by atoms with Gasteiger partial charge in [-0.2, -0.15) is 5.26 Å². The summed E-state index contributed by atoms with van der Waals surface area (Å²) in [6.45, 7) is 0.342. The number of benzene rings is 1. The van der Waals surface area contributed by atoms with Crippen LogP contribution in [0.5, 0.6) is 0 Å². The summed E-state index contributed by atoms with van der Waals surface area (Å²) >= 11 is 1.53. The quantitative estimate of drug-likeness (QED) is 0.674. The first-order valence-corrected chi connectivity index (χ1v) is 10.2. The Labute approximate surface area is 172 Å². The number of nitrogens with one attached hydrogen (secondary N) is 2. The molecule has 9 heteroatoms. The number of furan rings is 1. The number of anilines is 1. The van der Waals surface area contributed by atoms with E-state index in [4.69, 9.17) is 9.68 Å². The van der Waals surface area contributed by atoms with Crippen molar-refractivity contribution in [1.82, 2.24) is 10.2 Å². The highest BCUT2D eigenvalue weighted by Gasteiger charge is 2.34. The van der Waals surface area contributed by atoms with Crippen molar-refractivity contribution in [3.8, 4) is 6.07 Å². The van der Waals surface area contributed by atoms with Crippen molar-refractivity contribution in [2.75, 3.05) is 23.5 Å². The van der Waals surface area contributed by atoms with E-state index in [2.05, 4.69) is 10.6 Å². The van der Waals surface area contributed by atoms with Crippen LogP contribution in [0, 0.1) is 11.3 Å². The average Bonchev–Trinajstić information content (AvgIpc) is 3.43. The van der Waals surface area contributed by atoms with Crippen molar-refractivity contribution in [2.24, 2.45) is 0 Å². The number of nitrogens with zero attached hydrogens (tertiary/aromatic N) is 2. The number of hydrogen-bond donors (Lipinski definition) is 2. The fraction of sp³-hybridized carbons (Fsp3) is 0.300. The Kier molecular flexibility index (Phi) is 6.92. The van der Waals surface area contributed by atoms with Gasteiger partial charge in [0.05, 0.1) is 23.8 Å². The predicted octanol–water partition coefficient (Wildman–Crippen LogP) is 2.20. The smallest absolute Gasteiger partial charge is 0.286 e. The molecule has 8 nitrogen and oxygen atoms in total. The molecule has 2 N–H and O–H groups in total. The molecule has 1 fully saturated rings. The molecule has 1 aromatic heterocycles. The van der Waals surface area contributed by atoms with Gasteiger partial charge in [-0.3, -0.25) is 14.4 Å². The van der Waals surface area contributed by atoms with Crippen LogP contribution >= 0.6 is 11.8 Å². The Balaban J connectivity index is 1.46. The molecule has 1 aliphatic rings. The van der Waals surface area contributed by atoms with Gasteiger partial charge in [0.25, 0.3) is 5.91 Å². The summed E-state index contributed by atoms with van der Waals surface area (Å²) < 4.78 is 5.01. The Hall–Kier alpha value is -3.25. The number of nitriles is 1. The SMILES string of the molecule is N#Cc1ccc(NC(=O)C2CSCN2C(=O)CCCNC(=O)c2ccco2)cc1. The first kappa shape index (κ1) is 20.5. The normalized spacial score (nSPS) is 15.6. The molecule has 3 rings (SSSR count). The van der Waals surface area contributed by atoms with Crippen LogP contribution in [-0.2, 0) is 9.59 Å². The summed E-state index contributed by atoms with van der Waals surface area (Å²) in [5, 5.41) is 14.3. The first-order chi connectivity index (χ1) is 14.1. The van der Waals surface area contributed by atoms with E-state index in [0.29, 0.717) is 35.8 Å². The molecule has 0 aliphatic carbocycles. The van der Waals surface area contributed by atoms with Crippen molar-refractivity contribution >= 4 is 35.2 Å². The van der Waals surface area contributed by atoms with Gasteiger partial charge in [0, 0.05) is 24.4 Å². The van der Waals surface area contributed by atoms with Gasteiger partial charge >= 0.3 is 0 Å². The molecule has 2 heterocycles. The van der Waals surface area contributed by atoms with Crippen LogP contribution in [0.2, 0.25) is 0 Å². The molecule has 0 spiro atoms. The van der Waals surface area contributed by atoms with E-state index in [0.717, 1.165) is 0 Å². The second-order valence-electron chi connectivity index (χ2n) is 6.39. The third-order valence-corrected chi connectivity index (χ3v) is 5.40.